The van der Waals surface area contributed by atoms with Crippen LogP contribution in [0, 0.1) is 27.7 Å². The zero-order valence-electron chi connectivity index (χ0n) is 8.55. The highest BCUT2D eigenvalue weighted by Crippen LogP contribution is 2.12. The lowest BCUT2D eigenvalue weighted by Crippen LogP contribution is -2.35. The van der Waals surface area contributed by atoms with Crippen LogP contribution in [0.4, 0.5) is 0 Å². The Balaban J connectivity index is 3.46. The van der Waals surface area contributed by atoms with Crippen molar-refractivity contribution in [2.45, 2.75) is 27.7 Å². The van der Waals surface area contributed by atoms with E-state index in [1.807, 2.05) is 27.7 Å². The molecule has 0 bridgehead atoms. The fourth-order valence-corrected chi connectivity index (χ4v) is 1.63. The molecule has 1 aromatic rings. The molecular weight excluding hydrogens is 163 g/mol. The number of hydrogen-bond donors (Lipinski definition) is 2. The van der Waals surface area contributed by atoms with E-state index in [1.54, 1.807) is 0 Å². The van der Waals surface area contributed by atoms with E-state index >= 15 is 0 Å². The Morgan fingerprint density at radius 2 is 1.31 bits per heavy atom. The highest BCUT2D eigenvalue weighted by atomic mass is 16.4. The molecule has 70 valence electrons. The summed E-state index contributed by atoms with van der Waals surface area (Å²) < 4.78 is 0. The van der Waals surface area contributed by atoms with Gasteiger partial charge in [-0.1, -0.05) is 6.07 Å². The van der Waals surface area contributed by atoms with E-state index in [2.05, 4.69) is 6.07 Å². The van der Waals surface area contributed by atoms with Crippen molar-refractivity contribution in [1.82, 2.24) is 0 Å². The highest BCUT2D eigenvalue weighted by molar-refractivity contribution is 6.59. The van der Waals surface area contributed by atoms with Crippen molar-refractivity contribution in [2.24, 2.45) is 0 Å². The van der Waals surface area contributed by atoms with Crippen molar-refractivity contribution < 1.29 is 10.0 Å². The molecule has 0 fully saturated rings. The SMILES string of the molecule is Cc1cc(C)c(C)c(B(O)O)c1C. The van der Waals surface area contributed by atoms with Gasteiger partial charge in [0.25, 0.3) is 0 Å². The van der Waals surface area contributed by atoms with Crippen molar-refractivity contribution >= 4 is 12.6 Å². The molecule has 1 rings (SSSR count). The predicted octanol–water partition coefficient (Wildman–Crippen LogP) is 0.600. The second kappa shape index (κ2) is 3.52. The minimum Gasteiger partial charge on any atom is -0.423 e. The highest BCUT2D eigenvalue weighted by Gasteiger charge is 2.18. The first kappa shape index (κ1) is 10.3. The van der Waals surface area contributed by atoms with Crippen LogP contribution >= 0.6 is 0 Å². The molecule has 0 saturated carbocycles. The lowest BCUT2D eigenvalue weighted by atomic mass is 9.72. The predicted molar refractivity (Wildman–Crippen MR) is 55.2 cm³/mol. The van der Waals surface area contributed by atoms with Gasteiger partial charge in [0.2, 0.25) is 0 Å². The summed E-state index contributed by atoms with van der Waals surface area (Å²) in [6.07, 6.45) is 0. The molecule has 0 aliphatic rings. The zero-order valence-corrected chi connectivity index (χ0v) is 8.55. The molecule has 1 aromatic carbocycles. The molecule has 0 saturated heterocycles. The monoisotopic (exact) mass is 178 g/mol. The third-order valence-corrected chi connectivity index (χ3v) is 2.68. The smallest absolute Gasteiger partial charge is 0.423 e. The first-order valence-electron chi connectivity index (χ1n) is 4.38. The largest absolute Gasteiger partial charge is 0.488 e. The van der Waals surface area contributed by atoms with Gasteiger partial charge in [-0.25, -0.2) is 0 Å². The Morgan fingerprint density at radius 3 is 1.62 bits per heavy atom. The molecule has 2 nitrogen and oxygen atoms in total. The van der Waals surface area contributed by atoms with Gasteiger partial charge in [0.05, 0.1) is 0 Å². The second-order valence-electron chi connectivity index (χ2n) is 3.55. The van der Waals surface area contributed by atoms with Crippen LogP contribution in [-0.2, 0) is 0 Å². The number of hydrogen-bond acceptors (Lipinski definition) is 2. The van der Waals surface area contributed by atoms with Crippen LogP contribution in [0.15, 0.2) is 6.07 Å². The average Bonchev–Trinajstić information content (AvgIpc) is 2.01. The average molecular weight is 178 g/mol. The minimum absolute atomic E-state index is 0.650. The normalized spacial score (nSPS) is 10.3. The van der Waals surface area contributed by atoms with Crippen LogP contribution in [0.25, 0.3) is 0 Å². The van der Waals surface area contributed by atoms with Crippen molar-refractivity contribution in [2.75, 3.05) is 0 Å². The van der Waals surface area contributed by atoms with E-state index in [4.69, 9.17) is 0 Å². The topological polar surface area (TPSA) is 40.5 Å². The van der Waals surface area contributed by atoms with Gasteiger partial charge in [-0.15, -0.1) is 0 Å². The van der Waals surface area contributed by atoms with Gasteiger partial charge in [0, 0.05) is 0 Å². The Labute approximate surface area is 79.4 Å². The second-order valence-corrected chi connectivity index (χ2v) is 3.55. The van der Waals surface area contributed by atoms with Crippen molar-refractivity contribution in [3.05, 3.63) is 28.3 Å². The lowest BCUT2D eigenvalue weighted by molar-refractivity contribution is 0.425. The Kier molecular flexibility index (Phi) is 2.79. The summed E-state index contributed by atoms with van der Waals surface area (Å²) >= 11 is 0. The van der Waals surface area contributed by atoms with Crippen molar-refractivity contribution in [3.8, 4) is 0 Å². The van der Waals surface area contributed by atoms with Crippen molar-refractivity contribution in [3.63, 3.8) is 0 Å². The molecule has 0 amide bonds. The van der Waals surface area contributed by atoms with E-state index in [0.717, 1.165) is 22.3 Å². The molecule has 0 radical (unpaired) electrons. The molecule has 0 atom stereocenters. The van der Waals surface area contributed by atoms with Gasteiger partial charge in [0.1, 0.15) is 0 Å². The molecule has 0 aromatic heterocycles. The number of benzene rings is 1. The summed E-state index contributed by atoms with van der Waals surface area (Å²) in [5.41, 5.74) is 4.80. The van der Waals surface area contributed by atoms with Gasteiger partial charge in [-0.3, -0.25) is 0 Å². The van der Waals surface area contributed by atoms with Gasteiger partial charge < -0.3 is 10.0 Å². The molecule has 0 heterocycles. The summed E-state index contributed by atoms with van der Waals surface area (Å²) in [7, 11) is -1.36. The standard InChI is InChI=1S/C10H15BO2/c1-6-5-7(2)9(4)10(8(6)3)11(12)13/h5,12-13H,1-4H3. The maximum atomic E-state index is 9.19. The molecule has 0 aliphatic heterocycles. The quantitative estimate of drug-likeness (QED) is 0.618. The molecule has 0 unspecified atom stereocenters. The van der Waals surface area contributed by atoms with Crippen LogP contribution in [0.2, 0.25) is 0 Å². The number of aryl methyl sites for hydroxylation is 2. The Hall–Kier alpha value is -0.795. The van der Waals surface area contributed by atoms with E-state index in [-0.39, 0.29) is 0 Å². The van der Waals surface area contributed by atoms with Gasteiger partial charge in [0.15, 0.2) is 0 Å². The van der Waals surface area contributed by atoms with Crippen LogP contribution in [0.3, 0.4) is 0 Å². The summed E-state index contributed by atoms with van der Waals surface area (Å²) in [5.74, 6) is 0. The summed E-state index contributed by atoms with van der Waals surface area (Å²) in [6.45, 7) is 7.79. The third kappa shape index (κ3) is 1.76. The fourth-order valence-electron chi connectivity index (χ4n) is 1.63. The molecular formula is C10H15BO2. The van der Waals surface area contributed by atoms with E-state index < -0.39 is 7.12 Å². The summed E-state index contributed by atoms with van der Waals surface area (Å²) in [5, 5.41) is 18.4. The van der Waals surface area contributed by atoms with E-state index in [1.165, 1.54) is 0 Å². The third-order valence-electron chi connectivity index (χ3n) is 2.68. The molecule has 0 spiro atoms. The van der Waals surface area contributed by atoms with E-state index in [0.29, 0.717) is 5.46 Å². The summed E-state index contributed by atoms with van der Waals surface area (Å²) in [6, 6.07) is 2.07. The molecule has 3 heteroatoms. The van der Waals surface area contributed by atoms with Crippen LogP contribution in [0.1, 0.15) is 22.3 Å². The first-order chi connectivity index (χ1) is 5.95. The van der Waals surface area contributed by atoms with Gasteiger partial charge >= 0.3 is 7.12 Å². The number of rotatable bonds is 1. The minimum atomic E-state index is -1.36. The maximum Gasteiger partial charge on any atom is 0.488 e. The Bertz CT molecular complexity index is 306. The van der Waals surface area contributed by atoms with Crippen LogP contribution in [-0.4, -0.2) is 17.2 Å². The van der Waals surface area contributed by atoms with E-state index in [9.17, 15) is 10.0 Å². The van der Waals surface area contributed by atoms with Crippen LogP contribution < -0.4 is 5.46 Å². The molecule has 13 heavy (non-hydrogen) atoms. The summed E-state index contributed by atoms with van der Waals surface area (Å²) in [4.78, 5) is 0. The lowest BCUT2D eigenvalue weighted by Gasteiger charge is -2.14. The van der Waals surface area contributed by atoms with Crippen molar-refractivity contribution in [1.29, 1.82) is 0 Å². The first-order valence-corrected chi connectivity index (χ1v) is 4.38. The molecule has 2 N–H and O–H groups in total. The Morgan fingerprint density at radius 1 is 0.923 bits per heavy atom. The molecule has 0 aliphatic carbocycles. The fraction of sp³-hybridized carbons (Fsp3) is 0.400. The van der Waals surface area contributed by atoms with Gasteiger partial charge in [-0.05, 0) is 55.4 Å². The van der Waals surface area contributed by atoms with Crippen LogP contribution in [0.5, 0.6) is 0 Å². The maximum absolute atomic E-state index is 9.19. The zero-order chi connectivity index (χ0) is 10.2. The van der Waals surface area contributed by atoms with Gasteiger partial charge in [-0.2, -0.15) is 0 Å².